The van der Waals surface area contributed by atoms with Gasteiger partial charge in [0.05, 0.1) is 15.5 Å². The fraction of sp³-hybridized carbons (Fsp3) is 0.227. The van der Waals surface area contributed by atoms with E-state index >= 15 is 0 Å². The quantitative estimate of drug-likeness (QED) is 0.610. The van der Waals surface area contributed by atoms with Crippen molar-refractivity contribution in [2.45, 2.75) is 31.4 Å². The molecule has 0 N–H and O–H groups in total. The first-order valence-corrected chi connectivity index (χ1v) is 11.6. The Morgan fingerprint density at radius 1 is 1.11 bits per heavy atom. The number of sulfone groups is 1. The van der Waals surface area contributed by atoms with Gasteiger partial charge in [-0.25, -0.2) is 8.42 Å². The van der Waals surface area contributed by atoms with Gasteiger partial charge in [-0.05, 0) is 55.7 Å². The summed E-state index contributed by atoms with van der Waals surface area (Å²) in [4.78, 5) is 16.9. The van der Waals surface area contributed by atoms with E-state index in [9.17, 15) is 13.2 Å². The summed E-state index contributed by atoms with van der Waals surface area (Å²) >= 11 is 1.38. The highest BCUT2D eigenvalue weighted by atomic mass is 32.2. The van der Waals surface area contributed by atoms with Gasteiger partial charge in [0, 0.05) is 22.7 Å². The number of thiophene rings is 1. The van der Waals surface area contributed by atoms with Crippen LogP contribution in [-0.4, -0.2) is 20.9 Å². The number of anilines is 1. The van der Waals surface area contributed by atoms with Crippen LogP contribution in [-0.2, 0) is 15.6 Å². The molecular weight excluding hydrogens is 390 g/mol. The molecule has 3 aromatic rings. The van der Waals surface area contributed by atoms with Crippen LogP contribution in [0.25, 0.3) is 10.4 Å². The minimum atomic E-state index is -3.38. The van der Waals surface area contributed by atoms with Gasteiger partial charge in [0.25, 0.3) is 5.91 Å². The highest BCUT2D eigenvalue weighted by Gasteiger charge is 2.31. The predicted octanol–water partition coefficient (Wildman–Crippen LogP) is 4.99. The number of nitrogens with zero attached hydrogens (tertiary/aromatic N) is 1. The molecule has 0 aliphatic carbocycles. The molecule has 6 heteroatoms. The Bertz CT molecular complexity index is 1190. The number of aryl methyl sites for hydroxylation is 2. The lowest BCUT2D eigenvalue weighted by molar-refractivity contribution is 0.0992. The van der Waals surface area contributed by atoms with Gasteiger partial charge >= 0.3 is 0 Å². The SMILES string of the molecule is CCN(C(=O)c1cc2c(s1)-c1ccccc1S(=O)(=O)C2)c1cc(C)ccc1C. The molecule has 0 saturated heterocycles. The Hall–Kier alpha value is -2.44. The number of hydrogen-bond donors (Lipinski definition) is 0. The lowest BCUT2D eigenvalue weighted by Crippen LogP contribution is -2.30. The molecule has 144 valence electrons. The number of fused-ring (bicyclic) bond motifs is 3. The molecule has 2 aromatic carbocycles. The van der Waals surface area contributed by atoms with Crippen LogP contribution in [0.2, 0.25) is 0 Å². The Morgan fingerprint density at radius 3 is 2.61 bits per heavy atom. The molecule has 28 heavy (non-hydrogen) atoms. The minimum absolute atomic E-state index is 0.0568. The minimum Gasteiger partial charge on any atom is -0.308 e. The fourth-order valence-electron chi connectivity index (χ4n) is 3.64. The van der Waals surface area contributed by atoms with E-state index in [1.165, 1.54) is 11.3 Å². The van der Waals surface area contributed by atoms with E-state index < -0.39 is 9.84 Å². The normalized spacial score (nSPS) is 14.2. The zero-order chi connectivity index (χ0) is 20.1. The van der Waals surface area contributed by atoms with Crippen molar-refractivity contribution in [1.82, 2.24) is 0 Å². The van der Waals surface area contributed by atoms with Crippen molar-refractivity contribution < 1.29 is 13.2 Å². The van der Waals surface area contributed by atoms with Crippen molar-refractivity contribution in [3.63, 3.8) is 0 Å². The van der Waals surface area contributed by atoms with Crippen molar-refractivity contribution in [3.8, 4) is 10.4 Å². The van der Waals surface area contributed by atoms with E-state index in [-0.39, 0.29) is 11.7 Å². The second-order valence-electron chi connectivity index (χ2n) is 7.06. The van der Waals surface area contributed by atoms with Gasteiger partial charge in [0.1, 0.15) is 0 Å². The summed E-state index contributed by atoms with van der Waals surface area (Å²) in [5.74, 6) is -0.149. The lowest BCUT2D eigenvalue weighted by Gasteiger charge is -2.23. The summed E-state index contributed by atoms with van der Waals surface area (Å²) in [5, 5.41) is 0. The monoisotopic (exact) mass is 411 g/mol. The summed E-state index contributed by atoms with van der Waals surface area (Å²) in [5.41, 5.74) is 4.44. The van der Waals surface area contributed by atoms with Gasteiger partial charge in [0.2, 0.25) is 0 Å². The van der Waals surface area contributed by atoms with Gasteiger partial charge in [-0.3, -0.25) is 4.79 Å². The molecule has 0 radical (unpaired) electrons. The summed E-state index contributed by atoms with van der Waals surface area (Å²) in [6, 6.07) is 14.8. The van der Waals surface area contributed by atoms with Crippen LogP contribution in [0.5, 0.6) is 0 Å². The van der Waals surface area contributed by atoms with Crippen LogP contribution in [0.3, 0.4) is 0 Å². The molecule has 0 spiro atoms. The van der Waals surface area contributed by atoms with Crippen molar-refractivity contribution in [2.75, 3.05) is 11.4 Å². The van der Waals surface area contributed by atoms with Crippen molar-refractivity contribution >= 4 is 32.8 Å². The molecule has 0 atom stereocenters. The predicted molar refractivity (Wildman–Crippen MR) is 114 cm³/mol. The third-order valence-corrected chi connectivity index (χ3v) is 7.96. The number of carbonyl (C=O) groups is 1. The highest BCUT2D eigenvalue weighted by Crippen LogP contribution is 2.43. The van der Waals surface area contributed by atoms with Crippen LogP contribution in [0.4, 0.5) is 5.69 Å². The first kappa shape index (κ1) is 18.9. The first-order chi connectivity index (χ1) is 13.3. The average molecular weight is 412 g/mol. The summed E-state index contributed by atoms with van der Waals surface area (Å²) in [7, 11) is -3.38. The zero-order valence-corrected chi connectivity index (χ0v) is 17.7. The van der Waals surface area contributed by atoms with E-state index in [2.05, 4.69) is 0 Å². The van der Waals surface area contributed by atoms with Crippen molar-refractivity contribution in [2.24, 2.45) is 0 Å². The molecule has 1 aliphatic heterocycles. The molecule has 4 nitrogen and oxygen atoms in total. The summed E-state index contributed by atoms with van der Waals surface area (Å²) in [6.45, 7) is 6.49. The smallest absolute Gasteiger partial charge is 0.268 e. The molecule has 4 rings (SSSR count). The van der Waals surface area contributed by atoms with Gasteiger partial charge in [-0.15, -0.1) is 11.3 Å². The first-order valence-electron chi connectivity index (χ1n) is 9.16. The number of hydrogen-bond acceptors (Lipinski definition) is 4. The maximum absolute atomic E-state index is 13.3. The third-order valence-electron chi connectivity index (χ3n) is 5.05. The van der Waals surface area contributed by atoms with E-state index in [1.54, 1.807) is 23.1 Å². The Labute approximate surface area is 169 Å². The third kappa shape index (κ3) is 3.06. The molecular formula is C22H21NO3S2. The largest absolute Gasteiger partial charge is 0.308 e. The lowest BCUT2D eigenvalue weighted by atomic mass is 10.1. The maximum Gasteiger partial charge on any atom is 0.268 e. The molecule has 2 heterocycles. The molecule has 1 amide bonds. The van der Waals surface area contributed by atoms with E-state index in [1.807, 2.05) is 51.1 Å². The summed E-state index contributed by atoms with van der Waals surface area (Å²) < 4.78 is 25.2. The number of benzene rings is 2. The Kier molecular flexibility index (Phi) is 4.63. The summed E-state index contributed by atoms with van der Waals surface area (Å²) in [6.07, 6.45) is 0. The van der Waals surface area contributed by atoms with Crippen LogP contribution in [0.1, 0.15) is 33.3 Å². The average Bonchev–Trinajstić information content (AvgIpc) is 3.08. The Morgan fingerprint density at radius 2 is 1.86 bits per heavy atom. The van der Waals surface area contributed by atoms with Gasteiger partial charge < -0.3 is 4.90 Å². The Balaban J connectivity index is 1.79. The molecule has 1 aliphatic rings. The van der Waals surface area contributed by atoms with Gasteiger partial charge in [-0.2, -0.15) is 0 Å². The molecule has 0 unspecified atom stereocenters. The van der Waals surface area contributed by atoms with Crippen molar-refractivity contribution in [1.29, 1.82) is 0 Å². The zero-order valence-electron chi connectivity index (χ0n) is 16.0. The van der Waals surface area contributed by atoms with Gasteiger partial charge in [0.15, 0.2) is 9.84 Å². The highest BCUT2D eigenvalue weighted by molar-refractivity contribution is 7.91. The second kappa shape index (κ2) is 6.87. The molecule has 0 bridgehead atoms. The fourth-order valence-corrected chi connectivity index (χ4v) is 6.55. The maximum atomic E-state index is 13.3. The van der Waals surface area contributed by atoms with Gasteiger partial charge in [-0.1, -0.05) is 30.3 Å². The van der Waals surface area contributed by atoms with Crippen LogP contribution in [0, 0.1) is 13.8 Å². The molecule has 0 fully saturated rings. The van der Waals surface area contributed by atoms with E-state index in [0.717, 1.165) is 21.7 Å². The number of rotatable bonds is 3. The number of carbonyl (C=O) groups excluding carboxylic acids is 1. The molecule has 1 aromatic heterocycles. The van der Waals surface area contributed by atoms with Crippen molar-refractivity contribution in [3.05, 3.63) is 70.1 Å². The van der Waals surface area contributed by atoms with Crippen LogP contribution >= 0.6 is 11.3 Å². The van der Waals surface area contributed by atoms with E-state index in [4.69, 9.17) is 0 Å². The topological polar surface area (TPSA) is 54.5 Å². The molecule has 0 saturated carbocycles. The number of amides is 1. The van der Waals surface area contributed by atoms with Crippen LogP contribution in [0.15, 0.2) is 53.4 Å². The van der Waals surface area contributed by atoms with Crippen LogP contribution < -0.4 is 4.90 Å². The standard InChI is InChI=1S/C22H21NO3S2/c1-4-23(18-11-14(2)9-10-15(18)3)22(24)19-12-16-13-28(25,26)20-8-6-5-7-17(20)21(16)27-19/h5-12H,4,13H2,1-3H3. The second-order valence-corrected chi connectivity index (χ2v) is 10.1. The van der Waals surface area contributed by atoms with E-state index in [0.29, 0.717) is 27.4 Å².